The van der Waals surface area contributed by atoms with E-state index in [2.05, 4.69) is 46.3 Å². The molecular formula is C5H6I2Y-2. The van der Waals surface area contributed by atoms with E-state index in [9.17, 15) is 0 Å². The Morgan fingerprint density at radius 1 is 1.50 bits per heavy atom. The second-order valence-electron chi connectivity index (χ2n) is 0.460. The van der Waals surface area contributed by atoms with Crippen LogP contribution in [0.2, 0.25) is 0 Å². The molecule has 0 aliphatic heterocycles. The van der Waals surface area contributed by atoms with Crippen LogP contribution in [0.3, 0.4) is 0 Å². The van der Waals surface area contributed by atoms with Crippen LogP contribution in [-0.4, -0.2) is 4.43 Å². The van der Waals surface area contributed by atoms with Gasteiger partial charge in [0.2, 0.25) is 0 Å². The predicted molar refractivity (Wildman–Crippen MR) is 51.4 cm³/mol. The third-order valence-corrected chi connectivity index (χ3v) is 0.448. The summed E-state index contributed by atoms with van der Waals surface area (Å²) >= 11 is 4.11. The fraction of sp³-hybridized carbons (Fsp3) is 0.200. The SMILES string of the molecule is [CH2-]C#CI.[CH2-]CI.[Y]. The maximum absolute atomic E-state index is 3.47. The Hall–Kier alpha value is 1.99. The first-order valence-corrected chi connectivity index (χ1v) is 4.16. The Labute approximate surface area is 104 Å². The summed E-state index contributed by atoms with van der Waals surface area (Å²) in [7, 11) is 0. The molecule has 0 aromatic carbocycles. The average Bonchev–Trinajstić information content (AvgIpc) is 1.69. The van der Waals surface area contributed by atoms with E-state index >= 15 is 0 Å². The third kappa shape index (κ3) is 43.6. The smallest absolute Gasteiger partial charge is 0 e. The molecule has 8 heavy (non-hydrogen) atoms. The zero-order valence-electron chi connectivity index (χ0n) is 4.45. The molecule has 0 saturated carbocycles. The van der Waals surface area contributed by atoms with Crippen molar-refractivity contribution in [3.8, 4) is 9.85 Å². The van der Waals surface area contributed by atoms with Crippen molar-refractivity contribution in [2.24, 2.45) is 0 Å². The number of hydrogen-bond donors (Lipinski definition) is 0. The molecule has 0 N–H and O–H groups in total. The Morgan fingerprint density at radius 2 is 1.62 bits per heavy atom. The monoisotopic (exact) mass is 409 g/mol. The van der Waals surface area contributed by atoms with Gasteiger partial charge in [0.15, 0.2) is 0 Å². The van der Waals surface area contributed by atoms with E-state index in [-0.39, 0.29) is 32.7 Å². The van der Waals surface area contributed by atoms with Crippen molar-refractivity contribution < 1.29 is 32.7 Å². The predicted octanol–water partition coefficient (Wildman–Crippen LogP) is 2.47. The first kappa shape index (κ1) is 16.5. The zero-order chi connectivity index (χ0) is 6.12. The molecule has 1 radical (unpaired) electrons. The molecule has 3 heteroatoms. The Balaban J connectivity index is -0.0000000575. The fourth-order valence-electron chi connectivity index (χ4n) is 0. The zero-order valence-corrected chi connectivity index (χ0v) is 11.6. The van der Waals surface area contributed by atoms with Crippen LogP contribution in [0.5, 0.6) is 0 Å². The summed E-state index contributed by atoms with van der Waals surface area (Å²) < 4.78 is 3.51. The Bertz CT molecular complexity index is 56.6. The largest absolute Gasteiger partial charge is 0.334 e. The second kappa shape index (κ2) is 23.0. The van der Waals surface area contributed by atoms with Gasteiger partial charge in [0.05, 0.1) is 0 Å². The van der Waals surface area contributed by atoms with Crippen molar-refractivity contribution in [2.75, 3.05) is 4.43 Å². The van der Waals surface area contributed by atoms with Gasteiger partial charge in [-0.05, 0) is 0 Å². The minimum atomic E-state index is 0. The quantitative estimate of drug-likeness (QED) is 0.250. The van der Waals surface area contributed by atoms with E-state index in [1.165, 1.54) is 0 Å². The fourth-order valence-corrected chi connectivity index (χ4v) is 0. The molecule has 0 aromatic rings. The van der Waals surface area contributed by atoms with Gasteiger partial charge in [-0.3, -0.25) is 9.85 Å². The van der Waals surface area contributed by atoms with Gasteiger partial charge in [-0.15, -0.1) is 49.6 Å². The third-order valence-electron chi connectivity index (χ3n) is 0.0668. The standard InChI is InChI=1S/C3H2I.C2H4I.Y/c1-2-3-4;1-2-3;/h1H2;1-2H2;/q2*-1;. The maximum Gasteiger partial charge on any atom is 0 e. The van der Waals surface area contributed by atoms with Crippen LogP contribution in [0.25, 0.3) is 0 Å². The number of halogens is 2. The Morgan fingerprint density at radius 3 is 1.62 bits per heavy atom. The van der Waals surface area contributed by atoms with Gasteiger partial charge >= 0.3 is 0 Å². The summed E-state index contributed by atoms with van der Waals surface area (Å²) in [5, 5.41) is 0. The minimum absolute atomic E-state index is 0. The minimum Gasteiger partial charge on any atom is -0.334 e. The summed E-state index contributed by atoms with van der Waals surface area (Å²) in [6.07, 6.45) is 0. The van der Waals surface area contributed by atoms with Crippen LogP contribution in [0.4, 0.5) is 0 Å². The molecule has 0 bridgehead atoms. The second-order valence-corrected chi connectivity index (χ2v) is 2.08. The van der Waals surface area contributed by atoms with Crippen LogP contribution in [0, 0.1) is 23.7 Å². The van der Waals surface area contributed by atoms with Crippen molar-refractivity contribution in [2.45, 2.75) is 0 Å². The molecular weight excluding hydrogens is 403 g/mol. The summed E-state index contributed by atoms with van der Waals surface area (Å²) in [6, 6.07) is 0. The van der Waals surface area contributed by atoms with Crippen molar-refractivity contribution in [1.82, 2.24) is 0 Å². The molecule has 0 rings (SSSR count). The van der Waals surface area contributed by atoms with E-state index < -0.39 is 0 Å². The molecule has 0 saturated heterocycles. The van der Waals surface area contributed by atoms with Gasteiger partial charge in [-0.25, -0.2) is 0 Å². The first-order chi connectivity index (χ1) is 3.33. The van der Waals surface area contributed by atoms with Crippen LogP contribution in [0.1, 0.15) is 0 Å². The van der Waals surface area contributed by atoms with E-state index in [0.29, 0.717) is 0 Å². The molecule has 0 spiro atoms. The van der Waals surface area contributed by atoms with Crippen LogP contribution in [-0.2, 0) is 32.7 Å². The number of rotatable bonds is 0. The van der Waals surface area contributed by atoms with Gasteiger partial charge in [-0.1, -0.05) is 0 Å². The number of alkyl halides is 1. The molecule has 0 aliphatic rings. The van der Waals surface area contributed by atoms with E-state index in [1.807, 2.05) is 22.6 Å². The molecule has 0 nitrogen and oxygen atoms in total. The van der Waals surface area contributed by atoms with Gasteiger partial charge in [0, 0.05) is 32.7 Å². The number of hydrogen-bond acceptors (Lipinski definition) is 0. The summed E-state index contributed by atoms with van der Waals surface area (Å²) in [5.41, 5.74) is 0. The molecule has 0 heterocycles. The van der Waals surface area contributed by atoms with Crippen molar-refractivity contribution in [3.63, 3.8) is 0 Å². The average molecular weight is 409 g/mol. The van der Waals surface area contributed by atoms with E-state index in [0.717, 1.165) is 4.43 Å². The molecule has 0 amide bonds. The molecule has 45 valence electrons. The maximum atomic E-state index is 3.47. The van der Waals surface area contributed by atoms with E-state index in [1.54, 1.807) is 0 Å². The van der Waals surface area contributed by atoms with Gasteiger partial charge < -0.3 is 6.92 Å². The molecule has 0 aromatic heterocycles. The molecule has 0 unspecified atom stereocenters. The van der Waals surface area contributed by atoms with Gasteiger partial charge in [0.25, 0.3) is 0 Å². The van der Waals surface area contributed by atoms with Crippen LogP contribution >= 0.6 is 45.2 Å². The van der Waals surface area contributed by atoms with Gasteiger partial charge in [-0.2, -0.15) is 6.92 Å². The van der Waals surface area contributed by atoms with Crippen molar-refractivity contribution in [1.29, 1.82) is 0 Å². The summed E-state index contributed by atoms with van der Waals surface area (Å²) in [4.78, 5) is 0. The van der Waals surface area contributed by atoms with Crippen LogP contribution < -0.4 is 0 Å². The topological polar surface area (TPSA) is 0 Å². The summed E-state index contributed by atoms with van der Waals surface area (Å²) in [6.45, 7) is 6.71. The van der Waals surface area contributed by atoms with Crippen molar-refractivity contribution >= 4 is 45.2 Å². The van der Waals surface area contributed by atoms with E-state index in [4.69, 9.17) is 0 Å². The molecule has 0 fully saturated rings. The summed E-state index contributed by atoms with van der Waals surface area (Å²) in [5.74, 6) is 2.42. The Kier molecular flexibility index (Phi) is 47.6. The first-order valence-electron chi connectivity index (χ1n) is 1.56. The van der Waals surface area contributed by atoms with Crippen LogP contribution in [0.15, 0.2) is 0 Å². The normalized spacial score (nSPS) is 3.88. The van der Waals surface area contributed by atoms with Gasteiger partial charge in [0.1, 0.15) is 0 Å². The molecule has 0 aliphatic carbocycles. The van der Waals surface area contributed by atoms with Crippen molar-refractivity contribution in [3.05, 3.63) is 13.8 Å². The molecule has 0 atom stereocenters.